The van der Waals surface area contributed by atoms with Crippen molar-refractivity contribution in [1.82, 2.24) is 30.3 Å². The lowest BCUT2D eigenvalue weighted by Crippen LogP contribution is -2.28. The maximum atomic E-state index is 12.4. The zero-order valence-corrected chi connectivity index (χ0v) is 16.0. The lowest BCUT2D eigenvalue weighted by atomic mass is 9.85. The molecule has 1 N–H and O–H groups in total. The van der Waals surface area contributed by atoms with Crippen molar-refractivity contribution in [3.63, 3.8) is 0 Å². The van der Waals surface area contributed by atoms with Gasteiger partial charge in [-0.1, -0.05) is 25.0 Å². The number of amides is 1. The van der Waals surface area contributed by atoms with E-state index in [1.54, 1.807) is 29.5 Å². The predicted molar refractivity (Wildman–Crippen MR) is 106 cm³/mol. The van der Waals surface area contributed by atoms with Crippen LogP contribution in [0.1, 0.15) is 49.4 Å². The van der Waals surface area contributed by atoms with E-state index in [1.807, 2.05) is 24.3 Å². The fourth-order valence-corrected chi connectivity index (χ4v) is 3.76. The number of hydrogen-bond acceptors (Lipinski definition) is 5. The molecule has 4 rings (SSSR count). The smallest absolute Gasteiger partial charge is 0.251 e. The second kappa shape index (κ2) is 7.88. The van der Waals surface area contributed by atoms with E-state index >= 15 is 0 Å². The lowest BCUT2D eigenvalue weighted by molar-refractivity contribution is 0.0948. The van der Waals surface area contributed by atoms with Crippen molar-refractivity contribution >= 4 is 5.91 Å². The monoisotopic (exact) mass is 376 g/mol. The van der Waals surface area contributed by atoms with Crippen molar-refractivity contribution in [1.29, 1.82) is 0 Å². The van der Waals surface area contributed by atoms with Crippen molar-refractivity contribution in [2.75, 3.05) is 6.54 Å². The first-order valence-corrected chi connectivity index (χ1v) is 9.70. The van der Waals surface area contributed by atoms with Crippen LogP contribution in [0, 0.1) is 5.41 Å². The maximum Gasteiger partial charge on any atom is 0.251 e. The fraction of sp³-hybridized carbons (Fsp3) is 0.381. The highest BCUT2D eigenvalue weighted by Gasteiger charge is 2.28. The summed E-state index contributed by atoms with van der Waals surface area (Å²) in [5, 5.41) is 11.3. The van der Waals surface area contributed by atoms with Crippen LogP contribution in [-0.2, 0) is 0 Å². The van der Waals surface area contributed by atoms with Gasteiger partial charge in [0.05, 0.1) is 18.1 Å². The minimum absolute atomic E-state index is 0.0352. The molecule has 7 nitrogen and oxygen atoms in total. The van der Waals surface area contributed by atoms with Crippen LogP contribution in [0.3, 0.4) is 0 Å². The summed E-state index contributed by atoms with van der Waals surface area (Å²) in [6.45, 7) is 3.05. The summed E-state index contributed by atoms with van der Waals surface area (Å²) in [4.78, 5) is 20.7. The number of carbonyl (C=O) groups is 1. The molecule has 0 saturated heterocycles. The Hall–Kier alpha value is -3.09. The molecule has 0 spiro atoms. The van der Waals surface area contributed by atoms with E-state index in [1.165, 1.54) is 25.7 Å². The number of hydrogen-bond donors (Lipinski definition) is 1. The summed E-state index contributed by atoms with van der Waals surface area (Å²) in [5.41, 5.74) is 3.19. The van der Waals surface area contributed by atoms with Crippen molar-refractivity contribution in [3.05, 3.63) is 54.6 Å². The maximum absolute atomic E-state index is 12.4. The average molecular weight is 376 g/mol. The van der Waals surface area contributed by atoms with Crippen molar-refractivity contribution in [2.24, 2.45) is 5.41 Å². The first kappa shape index (κ1) is 18.3. The van der Waals surface area contributed by atoms with Gasteiger partial charge in [-0.2, -0.15) is 0 Å². The molecule has 1 fully saturated rings. The van der Waals surface area contributed by atoms with E-state index in [2.05, 4.69) is 32.5 Å². The number of carbonyl (C=O) groups excluding carboxylic acids is 1. The number of nitrogens with one attached hydrogen (secondary N) is 1. The van der Waals surface area contributed by atoms with Gasteiger partial charge in [-0.15, -0.1) is 5.10 Å². The van der Waals surface area contributed by atoms with Gasteiger partial charge in [0.2, 0.25) is 0 Å². The average Bonchev–Trinajstić information content (AvgIpc) is 3.39. The molecule has 0 radical (unpaired) electrons. The first-order chi connectivity index (χ1) is 13.6. The van der Waals surface area contributed by atoms with Crippen LogP contribution in [0.15, 0.2) is 49.1 Å². The van der Waals surface area contributed by atoms with E-state index in [9.17, 15) is 4.79 Å². The summed E-state index contributed by atoms with van der Waals surface area (Å²) < 4.78 is 1.66. The molecule has 2 aromatic heterocycles. The van der Waals surface area contributed by atoms with Gasteiger partial charge in [0, 0.05) is 24.5 Å². The molecule has 0 aliphatic heterocycles. The van der Waals surface area contributed by atoms with Gasteiger partial charge in [0.15, 0.2) is 0 Å². The van der Waals surface area contributed by atoms with Crippen LogP contribution in [0.2, 0.25) is 0 Å². The summed E-state index contributed by atoms with van der Waals surface area (Å²) in [6, 6.07) is 7.35. The molecule has 1 aromatic carbocycles. The van der Waals surface area contributed by atoms with Crippen molar-refractivity contribution in [3.8, 4) is 17.1 Å². The third-order valence-corrected chi connectivity index (χ3v) is 5.54. The molecular formula is C21H24N6O. The Kier molecular flexibility index (Phi) is 5.14. The number of rotatable bonds is 6. The number of benzene rings is 1. The summed E-state index contributed by atoms with van der Waals surface area (Å²) in [5.74, 6) is -0.0352. The van der Waals surface area contributed by atoms with Crippen LogP contribution in [0.4, 0.5) is 0 Å². The molecule has 0 bridgehead atoms. The van der Waals surface area contributed by atoms with Crippen LogP contribution >= 0.6 is 0 Å². The largest absolute Gasteiger partial charge is 0.352 e. The molecule has 2 heterocycles. The van der Waals surface area contributed by atoms with E-state index in [0.717, 1.165) is 18.7 Å². The van der Waals surface area contributed by atoms with Gasteiger partial charge in [-0.05, 0) is 48.9 Å². The van der Waals surface area contributed by atoms with Crippen molar-refractivity contribution in [2.45, 2.75) is 39.0 Å². The van der Waals surface area contributed by atoms with Gasteiger partial charge < -0.3 is 5.32 Å². The molecule has 1 amide bonds. The number of aromatic nitrogens is 5. The third-order valence-electron chi connectivity index (χ3n) is 5.54. The Bertz CT molecular complexity index is 929. The minimum Gasteiger partial charge on any atom is -0.352 e. The van der Waals surface area contributed by atoms with Crippen LogP contribution in [-0.4, -0.2) is 37.4 Å². The Balaban J connectivity index is 1.37. The quantitative estimate of drug-likeness (QED) is 0.712. The highest BCUT2D eigenvalue weighted by molar-refractivity contribution is 5.94. The molecule has 144 valence electrons. The van der Waals surface area contributed by atoms with E-state index in [0.29, 0.717) is 22.4 Å². The van der Waals surface area contributed by atoms with Gasteiger partial charge in [0.25, 0.3) is 5.91 Å². The SMILES string of the molecule is CC1(CCNC(=O)c2ccc(-n3cc(-c4cnccn4)nn3)cc2)CCCC1. The summed E-state index contributed by atoms with van der Waals surface area (Å²) in [7, 11) is 0. The molecule has 1 aliphatic carbocycles. The molecule has 1 saturated carbocycles. The van der Waals surface area contributed by atoms with Crippen LogP contribution in [0.25, 0.3) is 17.1 Å². The normalized spacial score (nSPS) is 15.5. The molecule has 1 aliphatic rings. The summed E-state index contributed by atoms with van der Waals surface area (Å²) >= 11 is 0. The van der Waals surface area contributed by atoms with Gasteiger partial charge in [0.1, 0.15) is 11.4 Å². The third kappa shape index (κ3) is 4.08. The molecule has 0 atom stereocenters. The van der Waals surface area contributed by atoms with E-state index in [-0.39, 0.29) is 5.91 Å². The van der Waals surface area contributed by atoms with E-state index < -0.39 is 0 Å². The minimum atomic E-state index is -0.0352. The predicted octanol–water partition coefficient (Wildman–Crippen LogP) is 3.42. The van der Waals surface area contributed by atoms with Gasteiger partial charge in [-0.3, -0.25) is 14.8 Å². The first-order valence-electron chi connectivity index (χ1n) is 9.70. The Morgan fingerprint density at radius 1 is 1.14 bits per heavy atom. The van der Waals surface area contributed by atoms with Crippen LogP contribution in [0.5, 0.6) is 0 Å². The van der Waals surface area contributed by atoms with Crippen LogP contribution < -0.4 is 5.32 Å². The molecule has 7 heteroatoms. The van der Waals surface area contributed by atoms with Gasteiger partial charge in [-0.25, -0.2) is 4.68 Å². The topological polar surface area (TPSA) is 85.6 Å². The molecule has 28 heavy (non-hydrogen) atoms. The molecular weight excluding hydrogens is 352 g/mol. The zero-order chi connectivity index (χ0) is 19.4. The summed E-state index contributed by atoms with van der Waals surface area (Å²) in [6.07, 6.45) is 12.9. The molecule has 3 aromatic rings. The highest BCUT2D eigenvalue weighted by Crippen LogP contribution is 2.40. The van der Waals surface area contributed by atoms with Gasteiger partial charge >= 0.3 is 0 Å². The highest BCUT2D eigenvalue weighted by atomic mass is 16.1. The fourth-order valence-electron chi connectivity index (χ4n) is 3.76. The second-order valence-electron chi connectivity index (χ2n) is 7.71. The van der Waals surface area contributed by atoms with E-state index in [4.69, 9.17) is 0 Å². The second-order valence-corrected chi connectivity index (χ2v) is 7.71. The number of nitrogens with zero attached hydrogens (tertiary/aromatic N) is 5. The van der Waals surface area contributed by atoms with Crippen molar-refractivity contribution < 1.29 is 4.79 Å². The Morgan fingerprint density at radius 3 is 2.64 bits per heavy atom. The Labute approximate surface area is 164 Å². The Morgan fingerprint density at radius 2 is 1.93 bits per heavy atom. The zero-order valence-electron chi connectivity index (χ0n) is 16.0. The standard InChI is InChI=1S/C21H24N6O/c1-21(8-2-3-9-21)10-11-24-20(28)16-4-6-17(7-5-16)27-15-19(25-26-27)18-14-22-12-13-23-18/h4-7,12-15H,2-3,8-11H2,1H3,(H,24,28). The molecule has 0 unspecified atom stereocenters. The lowest BCUT2D eigenvalue weighted by Gasteiger charge is -2.23.